The van der Waals surface area contributed by atoms with Crippen molar-refractivity contribution in [3.8, 4) is 0 Å². The highest BCUT2D eigenvalue weighted by atomic mass is 35.5. The number of allylic oxidation sites excluding steroid dienone is 3. The zero-order valence-electron chi connectivity index (χ0n) is 11.7. The fraction of sp³-hybridized carbons (Fsp3) is 0.200. The van der Waals surface area contributed by atoms with Crippen molar-refractivity contribution in [1.82, 2.24) is 4.98 Å². The molecule has 1 aliphatic heterocycles. The molecule has 0 bridgehead atoms. The third-order valence-electron chi connectivity index (χ3n) is 3.51. The molecule has 2 aliphatic rings. The Morgan fingerprint density at radius 1 is 1.50 bits per heavy atom. The summed E-state index contributed by atoms with van der Waals surface area (Å²) in [7, 11) is 1.19. The van der Waals surface area contributed by atoms with Crippen LogP contribution in [-0.4, -0.2) is 24.7 Å². The molecule has 0 radical (unpaired) electrons. The zero-order valence-corrected chi connectivity index (χ0v) is 12.4. The molecule has 1 aliphatic carbocycles. The summed E-state index contributed by atoms with van der Waals surface area (Å²) in [6.45, 7) is 0.432. The van der Waals surface area contributed by atoms with Gasteiger partial charge in [0.2, 0.25) is 0 Å². The van der Waals surface area contributed by atoms with Crippen molar-refractivity contribution >= 4 is 28.8 Å². The van der Waals surface area contributed by atoms with E-state index in [1.807, 2.05) is 0 Å². The molecule has 1 aromatic heterocycles. The largest absolute Gasteiger partial charge is 0.496 e. The number of pyridine rings is 1. The zero-order chi connectivity index (χ0) is 15.9. The van der Waals surface area contributed by atoms with Gasteiger partial charge in [0.15, 0.2) is 11.5 Å². The topological polar surface area (TPSA) is 74.4 Å². The molecule has 22 heavy (non-hydrogen) atoms. The van der Waals surface area contributed by atoms with Crippen LogP contribution in [0.5, 0.6) is 0 Å². The lowest BCUT2D eigenvalue weighted by atomic mass is 9.94. The number of hydrogen-bond donors (Lipinski definition) is 1. The van der Waals surface area contributed by atoms with Crippen molar-refractivity contribution in [3.63, 3.8) is 0 Å². The third kappa shape index (κ3) is 2.25. The molecule has 2 N–H and O–H groups in total. The highest BCUT2D eigenvalue weighted by Gasteiger charge is 2.25. The van der Waals surface area contributed by atoms with E-state index in [4.69, 9.17) is 22.1 Å². The van der Waals surface area contributed by atoms with E-state index in [1.54, 1.807) is 18.4 Å². The molecule has 3 rings (SSSR count). The lowest BCUT2D eigenvalue weighted by Gasteiger charge is -2.14. The minimum Gasteiger partial charge on any atom is -0.496 e. The SMILES string of the molecule is COC(=O)c1nc(C2=CCC3=COCC3=C2)c(F)c(N)c1Cl. The van der Waals surface area contributed by atoms with E-state index in [0.717, 1.165) is 11.1 Å². The van der Waals surface area contributed by atoms with Gasteiger partial charge in [-0.15, -0.1) is 0 Å². The fourth-order valence-electron chi connectivity index (χ4n) is 2.33. The Balaban J connectivity index is 2.12. The van der Waals surface area contributed by atoms with E-state index in [0.29, 0.717) is 18.6 Å². The summed E-state index contributed by atoms with van der Waals surface area (Å²) in [5, 5.41) is -0.248. The van der Waals surface area contributed by atoms with Crippen molar-refractivity contribution in [3.05, 3.63) is 51.8 Å². The maximum absolute atomic E-state index is 14.4. The molecule has 1 aromatic rings. The molecule has 0 spiro atoms. The van der Waals surface area contributed by atoms with Crippen molar-refractivity contribution in [2.24, 2.45) is 0 Å². The normalized spacial score (nSPS) is 16.2. The van der Waals surface area contributed by atoms with Crippen LogP contribution in [0.2, 0.25) is 5.02 Å². The highest BCUT2D eigenvalue weighted by Crippen LogP contribution is 2.35. The monoisotopic (exact) mass is 322 g/mol. The molecule has 0 amide bonds. The lowest BCUT2D eigenvalue weighted by Crippen LogP contribution is -2.12. The first-order chi connectivity index (χ1) is 10.5. The van der Waals surface area contributed by atoms with Crippen molar-refractivity contribution in [2.75, 3.05) is 19.5 Å². The molecule has 0 unspecified atom stereocenters. The molecule has 0 saturated carbocycles. The number of hydrogen-bond acceptors (Lipinski definition) is 5. The molecule has 0 fully saturated rings. The number of carbonyl (C=O) groups excluding carboxylic acids is 1. The molecule has 0 saturated heterocycles. The molecule has 5 nitrogen and oxygen atoms in total. The Bertz CT molecular complexity index is 769. The van der Waals surface area contributed by atoms with Crippen molar-refractivity contribution in [1.29, 1.82) is 0 Å². The summed E-state index contributed by atoms with van der Waals surface area (Å²) in [4.78, 5) is 15.7. The smallest absolute Gasteiger partial charge is 0.358 e. The first-order valence-corrected chi connectivity index (χ1v) is 6.85. The quantitative estimate of drug-likeness (QED) is 0.847. The van der Waals surface area contributed by atoms with Crippen LogP contribution in [0.4, 0.5) is 10.1 Å². The number of carbonyl (C=O) groups is 1. The van der Waals surface area contributed by atoms with Gasteiger partial charge in [-0.1, -0.05) is 17.7 Å². The van der Waals surface area contributed by atoms with E-state index in [2.05, 4.69) is 9.72 Å². The average molecular weight is 323 g/mol. The maximum atomic E-state index is 14.4. The summed E-state index contributed by atoms with van der Waals surface area (Å²) in [5.74, 6) is -1.53. The Hall–Kier alpha value is -2.34. The predicted octanol–water partition coefficient (Wildman–Crippen LogP) is 2.87. The van der Waals surface area contributed by atoms with E-state index in [9.17, 15) is 9.18 Å². The van der Waals surface area contributed by atoms with Gasteiger partial charge in [0.05, 0.1) is 24.1 Å². The van der Waals surface area contributed by atoms with E-state index in [1.165, 1.54) is 7.11 Å². The Kier molecular flexibility index (Phi) is 3.62. The standard InChI is InChI=1S/C15H12ClFN2O3/c1-21-15(20)14-10(16)12(18)11(17)13(19-14)7-2-3-8-5-22-6-9(8)4-7/h2,4-5H,3,6H2,1H3,(H2,18,19). The first kappa shape index (κ1) is 14.6. The summed E-state index contributed by atoms with van der Waals surface area (Å²) in [5.41, 5.74) is 7.62. The molecular formula is C15H12ClFN2O3. The number of ether oxygens (including phenoxy) is 2. The number of aromatic nitrogens is 1. The van der Waals surface area contributed by atoms with Gasteiger partial charge in [-0.3, -0.25) is 0 Å². The molecule has 114 valence electrons. The Morgan fingerprint density at radius 3 is 3.00 bits per heavy atom. The number of halogens is 2. The number of nitrogens with zero attached hydrogens (tertiary/aromatic N) is 1. The number of anilines is 1. The van der Waals surface area contributed by atoms with Gasteiger partial charge in [0, 0.05) is 0 Å². The van der Waals surface area contributed by atoms with Crippen LogP contribution in [0, 0.1) is 5.82 Å². The third-order valence-corrected chi connectivity index (χ3v) is 3.90. The fourth-order valence-corrected chi connectivity index (χ4v) is 2.53. The van der Waals surface area contributed by atoms with Gasteiger partial charge in [-0.25, -0.2) is 14.2 Å². The molecule has 0 aromatic carbocycles. The van der Waals surface area contributed by atoms with Crippen LogP contribution in [0.25, 0.3) is 5.57 Å². The van der Waals surface area contributed by atoms with E-state index < -0.39 is 11.8 Å². The second kappa shape index (κ2) is 5.46. The lowest BCUT2D eigenvalue weighted by molar-refractivity contribution is 0.0594. The van der Waals surface area contributed by atoms with Gasteiger partial charge < -0.3 is 15.2 Å². The van der Waals surface area contributed by atoms with Crippen LogP contribution in [-0.2, 0) is 9.47 Å². The number of fused-ring (bicyclic) bond motifs is 1. The summed E-state index contributed by atoms with van der Waals surface area (Å²) >= 11 is 5.88. The van der Waals surface area contributed by atoms with Crippen LogP contribution in [0.1, 0.15) is 22.6 Å². The Morgan fingerprint density at radius 2 is 2.27 bits per heavy atom. The summed E-state index contributed by atoms with van der Waals surface area (Å²) < 4.78 is 24.2. The van der Waals surface area contributed by atoms with Crippen LogP contribution in [0.3, 0.4) is 0 Å². The molecule has 0 atom stereocenters. The van der Waals surface area contributed by atoms with Crippen molar-refractivity contribution in [2.45, 2.75) is 6.42 Å². The second-order valence-corrected chi connectivity index (χ2v) is 5.21. The van der Waals surface area contributed by atoms with Gasteiger partial charge in [-0.05, 0) is 29.2 Å². The summed E-state index contributed by atoms with van der Waals surface area (Å²) in [6, 6.07) is 0. The highest BCUT2D eigenvalue weighted by molar-refractivity contribution is 6.35. The van der Waals surface area contributed by atoms with Crippen LogP contribution >= 0.6 is 11.6 Å². The maximum Gasteiger partial charge on any atom is 0.358 e. The second-order valence-electron chi connectivity index (χ2n) is 4.83. The predicted molar refractivity (Wildman–Crippen MR) is 79.7 cm³/mol. The molecule has 2 heterocycles. The average Bonchev–Trinajstić information content (AvgIpc) is 2.99. The summed E-state index contributed by atoms with van der Waals surface area (Å²) in [6.07, 6.45) is 5.84. The number of methoxy groups -OCH3 is 1. The first-order valence-electron chi connectivity index (χ1n) is 6.47. The van der Waals surface area contributed by atoms with Crippen molar-refractivity contribution < 1.29 is 18.7 Å². The minimum atomic E-state index is -0.771. The number of esters is 1. The van der Waals surface area contributed by atoms with Gasteiger partial charge in [-0.2, -0.15) is 0 Å². The minimum absolute atomic E-state index is 0.0271. The number of nitrogen functional groups attached to an aromatic ring is 1. The van der Waals surface area contributed by atoms with Crippen LogP contribution < -0.4 is 5.73 Å². The van der Waals surface area contributed by atoms with Gasteiger partial charge >= 0.3 is 5.97 Å². The number of rotatable bonds is 2. The van der Waals surface area contributed by atoms with Crippen LogP contribution in [0.15, 0.2) is 29.6 Å². The molecular weight excluding hydrogens is 311 g/mol. The van der Waals surface area contributed by atoms with E-state index in [-0.39, 0.29) is 22.1 Å². The number of nitrogens with two attached hydrogens (primary N) is 1. The van der Waals surface area contributed by atoms with Gasteiger partial charge in [0.1, 0.15) is 12.3 Å². The molecule has 7 heteroatoms. The van der Waals surface area contributed by atoms with E-state index >= 15 is 0 Å². The Labute approximate surface area is 130 Å². The van der Waals surface area contributed by atoms with Gasteiger partial charge in [0.25, 0.3) is 0 Å².